The molecule has 0 radical (unpaired) electrons. The van der Waals surface area contributed by atoms with Crippen LogP contribution in [0.5, 0.6) is 0 Å². The minimum Gasteiger partial charge on any atom is -0.467 e. The summed E-state index contributed by atoms with van der Waals surface area (Å²) in [6.07, 6.45) is 1.72. The fraction of sp³-hybridized carbons (Fsp3) is 0.538. The summed E-state index contributed by atoms with van der Waals surface area (Å²) in [6.45, 7) is 1.98. The third-order valence-corrected chi connectivity index (χ3v) is 2.53. The first kappa shape index (κ1) is 16.2. The van der Waals surface area contributed by atoms with Gasteiger partial charge in [-0.2, -0.15) is 0 Å². The van der Waals surface area contributed by atoms with Crippen LogP contribution in [0.25, 0.3) is 0 Å². The molecule has 0 fully saturated rings. The molecule has 1 rings (SSSR count). The van der Waals surface area contributed by atoms with Gasteiger partial charge in [0.2, 0.25) is 5.91 Å². The van der Waals surface area contributed by atoms with Crippen LogP contribution in [0.4, 0.5) is 0 Å². The minimum absolute atomic E-state index is 0.0377. The van der Waals surface area contributed by atoms with Crippen molar-refractivity contribution in [2.45, 2.75) is 13.0 Å². The lowest BCUT2D eigenvalue weighted by Crippen LogP contribution is -2.29. The highest BCUT2D eigenvalue weighted by Crippen LogP contribution is 2.08. The maximum absolute atomic E-state index is 11.4. The van der Waals surface area contributed by atoms with Gasteiger partial charge in [-0.25, -0.2) is 4.79 Å². The molecule has 1 aromatic heterocycles. The number of rotatable bonds is 9. The highest BCUT2D eigenvalue weighted by Gasteiger charge is 2.09. The molecule has 0 aromatic carbocycles. The zero-order valence-corrected chi connectivity index (χ0v) is 11.7. The monoisotopic (exact) mass is 284 g/mol. The third kappa shape index (κ3) is 5.85. The predicted molar refractivity (Wildman–Crippen MR) is 71.3 cm³/mol. The molecule has 1 aromatic rings. The van der Waals surface area contributed by atoms with Gasteiger partial charge in [0.15, 0.2) is 0 Å². The molecule has 1 heterocycles. The normalized spacial score (nSPS) is 10.3. The summed E-state index contributed by atoms with van der Waals surface area (Å²) in [5.41, 5.74) is 0.376. The number of hydrogen-bond acceptors (Lipinski definition) is 6. The number of carbonyl (C=O) groups excluding carboxylic acids is 2. The summed E-state index contributed by atoms with van der Waals surface area (Å²) < 4.78 is 14.6. The molecule has 0 spiro atoms. The van der Waals surface area contributed by atoms with Crippen molar-refractivity contribution in [3.05, 3.63) is 23.7 Å². The molecule has 0 aliphatic carbocycles. The van der Waals surface area contributed by atoms with E-state index < -0.39 is 5.97 Å². The molecule has 0 aliphatic rings. The molecule has 0 atom stereocenters. The molecule has 112 valence electrons. The Labute approximate surface area is 117 Å². The Morgan fingerprint density at radius 1 is 1.30 bits per heavy atom. The van der Waals surface area contributed by atoms with E-state index >= 15 is 0 Å². The van der Waals surface area contributed by atoms with E-state index in [1.54, 1.807) is 13.2 Å². The lowest BCUT2D eigenvalue weighted by atomic mass is 10.3. The van der Waals surface area contributed by atoms with E-state index in [4.69, 9.17) is 9.15 Å². The Morgan fingerprint density at radius 2 is 2.10 bits per heavy atom. The van der Waals surface area contributed by atoms with Crippen LogP contribution in [0.3, 0.4) is 0 Å². The van der Waals surface area contributed by atoms with Gasteiger partial charge in [-0.1, -0.05) is 0 Å². The van der Waals surface area contributed by atoms with Gasteiger partial charge in [0.25, 0.3) is 0 Å². The number of ether oxygens (including phenoxy) is 2. The first-order valence-electron chi connectivity index (χ1n) is 6.29. The van der Waals surface area contributed by atoms with Crippen LogP contribution in [-0.4, -0.2) is 45.8 Å². The summed E-state index contributed by atoms with van der Waals surface area (Å²) in [7, 11) is 2.90. The number of esters is 1. The maximum atomic E-state index is 11.4. The first-order chi connectivity index (χ1) is 9.67. The largest absolute Gasteiger partial charge is 0.467 e. The van der Waals surface area contributed by atoms with Crippen molar-refractivity contribution >= 4 is 11.9 Å². The number of hydrogen-bond donors (Lipinski definition) is 2. The SMILES string of the molecule is COCCNC(=O)CCNCc1cc(C(=O)OC)co1. The van der Waals surface area contributed by atoms with E-state index in [1.165, 1.54) is 13.4 Å². The lowest BCUT2D eigenvalue weighted by Gasteiger charge is -2.04. The van der Waals surface area contributed by atoms with Crippen molar-refractivity contribution in [1.29, 1.82) is 0 Å². The Hall–Kier alpha value is -1.86. The van der Waals surface area contributed by atoms with Gasteiger partial charge >= 0.3 is 5.97 Å². The second-order valence-corrected chi connectivity index (χ2v) is 4.06. The minimum atomic E-state index is -0.433. The zero-order chi connectivity index (χ0) is 14.8. The van der Waals surface area contributed by atoms with E-state index in [-0.39, 0.29) is 5.91 Å². The van der Waals surface area contributed by atoms with Gasteiger partial charge in [0.1, 0.15) is 12.0 Å². The molecule has 2 N–H and O–H groups in total. The quantitative estimate of drug-likeness (QED) is 0.501. The number of furan rings is 1. The Bertz CT molecular complexity index is 430. The van der Waals surface area contributed by atoms with Gasteiger partial charge in [0.05, 0.1) is 25.8 Å². The summed E-state index contributed by atoms with van der Waals surface area (Å²) in [4.78, 5) is 22.6. The van der Waals surface area contributed by atoms with E-state index in [1.807, 2.05) is 0 Å². The molecular formula is C13H20N2O5. The van der Waals surface area contributed by atoms with Gasteiger partial charge in [-0.05, 0) is 6.07 Å². The molecule has 1 amide bonds. The lowest BCUT2D eigenvalue weighted by molar-refractivity contribution is -0.121. The standard InChI is InChI=1S/C13H20N2O5/c1-18-6-5-15-12(16)3-4-14-8-11-7-10(9-20-11)13(17)19-2/h7,9,14H,3-6,8H2,1-2H3,(H,15,16). The summed E-state index contributed by atoms with van der Waals surface area (Å²) in [5, 5.41) is 5.78. The summed E-state index contributed by atoms with van der Waals surface area (Å²) in [5.74, 6) is 0.145. The van der Waals surface area contributed by atoms with Gasteiger partial charge in [0, 0.05) is 26.6 Å². The highest BCUT2D eigenvalue weighted by atomic mass is 16.5. The molecule has 7 nitrogen and oxygen atoms in total. The molecule has 0 saturated heterocycles. The highest BCUT2D eigenvalue weighted by molar-refractivity contribution is 5.88. The Balaban J connectivity index is 2.16. The van der Waals surface area contributed by atoms with Crippen LogP contribution in [0.1, 0.15) is 22.5 Å². The first-order valence-corrected chi connectivity index (χ1v) is 6.29. The molecule has 7 heteroatoms. The van der Waals surface area contributed by atoms with Crippen molar-refractivity contribution in [2.75, 3.05) is 33.9 Å². The van der Waals surface area contributed by atoms with Crippen molar-refractivity contribution < 1.29 is 23.5 Å². The van der Waals surface area contributed by atoms with Crippen molar-refractivity contribution in [2.24, 2.45) is 0 Å². The van der Waals surface area contributed by atoms with Crippen LogP contribution in [0.2, 0.25) is 0 Å². The molecular weight excluding hydrogens is 264 g/mol. The summed E-state index contributed by atoms with van der Waals surface area (Å²) >= 11 is 0. The zero-order valence-electron chi connectivity index (χ0n) is 11.7. The average Bonchev–Trinajstić information content (AvgIpc) is 2.92. The van der Waals surface area contributed by atoms with E-state index in [9.17, 15) is 9.59 Å². The number of methoxy groups -OCH3 is 2. The Kier molecular flexibility index (Phi) is 7.38. The van der Waals surface area contributed by atoms with Crippen LogP contribution in [0.15, 0.2) is 16.7 Å². The smallest absolute Gasteiger partial charge is 0.341 e. The molecule has 0 bridgehead atoms. The molecule has 20 heavy (non-hydrogen) atoms. The fourth-order valence-electron chi connectivity index (χ4n) is 1.49. The molecule has 0 saturated carbocycles. The number of carbonyl (C=O) groups is 2. The van der Waals surface area contributed by atoms with Gasteiger partial charge in [-0.15, -0.1) is 0 Å². The van der Waals surface area contributed by atoms with Crippen LogP contribution < -0.4 is 10.6 Å². The maximum Gasteiger partial charge on any atom is 0.341 e. The molecule has 0 aliphatic heterocycles. The Morgan fingerprint density at radius 3 is 2.80 bits per heavy atom. The average molecular weight is 284 g/mol. The molecule has 0 unspecified atom stereocenters. The number of amides is 1. The van der Waals surface area contributed by atoms with E-state index in [0.29, 0.717) is 44.0 Å². The second kappa shape index (κ2) is 9.11. The van der Waals surface area contributed by atoms with Gasteiger partial charge in [-0.3, -0.25) is 4.79 Å². The third-order valence-electron chi connectivity index (χ3n) is 2.53. The topological polar surface area (TPSA) is 89.8 Å². The van der Waals surface area contributed by atoms with Gasteiger partial charge < -0.3 is 24.5 Å². The van der Waals surface area contributed by atoms with Crippen molar-refractivity contribution in [1.82, 2.24) is 10.6 Å². The summed E-state index contributed by atoms with van der Waals surface area (Å²) in [6, 6.07) is 1.61. The fourth-order valence-corrected chi connectivity index (χ4v) is 1.49. The van der Waals surface area contributed by atoms with E-state index in [0.717, 1.165) is 0 Å². The van der Waals surface area contributed by atoms with Crippen LogP contribution in [0, 0.1) is 0 Å². The van der Waals surface area contributed by atoms with Crippen LogP contribution in [-0.2, 0) is 20.8 Å². The second-order valence-electron chi connectivity index (χ2n) is 4.06. The van der Waals surface area contributed by atoms with Crippen molar-refractivity contribution in [3.8, 4) is 0 Å². The van der Waals surface area contributed by atoms with Crippen LogP contribution >= 0.6 is 0 Å². The number of nitrogens with one attached hydrogen (secondary N) is 2. The van der Waals surface area contributed by atoms with Crippen molar-refractivity contribution in [3.63, 3.8) is 0 Å². The van der Waals surface area contributed by atoms with E-state index in [2.05, 4.69) is 15.4 Å². The predicted octanol–water partition coefficient (Wildman–Crippen LogP) is 0.309.